The maximum atomic E-state index is 11.9. The third kappa shape index (κ3) is 3.07. The van der Waals surface area contributed by atoms with Gasteiger partial charge in [0.25, 0.3) is 6.29 Å². The van der Waals surface area contributed by atoms with E-state index >= 15 is 0 Å². The van der Waals surface area contributed by atoms with Gasteiger partial charge in [-0.05, 0) is 30.7 Å². The molecule has 23 heavy (non-hydrogen) atoms. The van der Waals surface area contributed by atoms with Crippen LogP contribution in [0.4, 0.5) is 5.69 Å². The fourth-order valence-corrected chi connectivity index (χ4v) is 2.21. The van der Waals surface area contributed by atoms with Crippen LogP contribution in [0.3, 0.4) is 0 Å². The number of aryl methyl sites for hydroxylation is 1. The maximum absolute atomic E-state index is 11.9. The van der Waals surface area contributed by atoms with Crippen LogP contribution in [0.1, 0.15) is 16.1 Å². The van der Waals surface area contributed by atoms with E-state index in [1.807, 2.05) is 25.1 Å². The molecule has 2 aromatic rings. The lowest BCUT2D eigenvalue weighted by Crippen LogP contribution is -2.24. The maximum Gasteiger partial charge on any atom is 0.377 e. The Morgan fingerprint density at radius 3 is 2.74 bits per heavy atom. The molecule has 0 spiro atoms. The summed E-state index contributed by atoms with van der Waals surface area (Å²) in [6.45, 7) is 1.89. The molecule has 118 valence electrons. The third-order valence-electron chi connectivity index (χ3n) is 3.22. The minimum absolute atomic E-state index is 0.000636. The first kappa shape index (κ1) is 15.2. The zero-order valence-corrected chi connectivity index (χ0v) is 12.8. The molecule has 0 radical (unpaired) electrons. The van der Waals surface area contributed by atoms with Gasteiger partial charge in [-0.25, -0.2) is 9.59 Å². The summed E-state index contributed by atoms with van der Waals surface area (Å²) in [5.74, 6) is -1.53. The van der Waals surface area contributed by atoms with Crippen LogP contribution in [-0.4, -0.2) is 18.2 Å². The second kappa shape index (κ2) is 6.18. The molecule has 0 bridgehead atoms. The van der Waals surface area contributed by atoms with Crippen molar-refractivity contribution in [2.45, 2.75) is 13.2 Å². The summed E-state index contributed by atoms with van der Waals surface area (Å²) in [4.78, 5) is 23.6. The van der Waals surface area contributed by atoms with Crippen molar-refractivity contribution in [3.05, 3.63) is 64.7 Å². The summed E-state index contributed by atoms with van der Waals surface area (Å²) < 4.78 is 15.1. The Hall–Kier alpha value is -2.73. The second-order valence-electron chi connectivity index (χ2n) is 4.79. The molecule has 0 aliphatic carbocycles. The number of ether oxygens (including phenoxy) is 2. The van der Waals surface area contributed by atoms with Crippen LogP contribution in [-0.2, 0) is 14.3 Å². The van der Waals surface area contributed by atoms with Gasteiger partial charge >= 0.3 is 11.9 Å². The molecule has 0 unspecified atom stereocenters. The predicted molar refractivity (Wildman–Crippen MR) is 81.7 cm³/mol. The Morgan fingerprint density at radius 1 is 1.26 bits per heavy atom. The van der Waals surface area contributed by atoms with Crippen molar-refractivity contribution in [3.63, 3.8) is 0 Å². The van der Waals surface area contributed by atoms with Crippen LogP contribution in [0.5, 0.6) is 0 Å². The van der Waals surface area contributed by atoms with E-state index in [9.17, 15) is 9.59 Å². The summed E-state index contributed by atoms with van der Waals surface area (Å²) in [5.41, 5.74) is 1.82. The van der Waals surface area contributed by atoms with Gasteiger partial charge in [-0.3, -0.25) is 0 Å². The fraction of sp³-hybridized carbons (Fsp3) is 0.125. The molecule has 1 atom stereocenters. The number of furan rings is 1. The topological polar surface area (TPSA) is 77.8 Å². The van der Waals surface area contributed by atoms with Crippen molar-refractivity contribution in [2.75, 3.05) is 5.32 Å². The largest absolute Gasteiger partial charge is 0.457 e. The highest BCUT2D eigenvalue weighted by Crippen LogP contribution is 2.29. The number of hydrogen-bond acceptors (Lipinski definition) is 6. The minimum atomic E-state index is -1.26. The van der Waals surface area contributed by atoms with Crippen LogP contribution < -0.4 is 5.32 Å². The predicted octanol–water partition coefficient (Wildman–Crippen LogP) is 3.19. The van der Waals surface area contributed by atoms with Gasteiger partial charge in [0, 0.05) is 5.69 Å². The smallest absolute Gasteiger partial charge is 0.377 e. The molecule has 2 heterocycles. The van der Waals surface area contributed by atoms with E-state index in [1.165, 1.54) is 12.3 Å². The van der Waals surface area contributed by atoms with Crippen molar-refractivity contribution < 1.29 is 23.5 Å². The SMILES string of the molecule is Cc1ccccc1NC1=C(Cl)C(=O)O[C@@H]1OC(=O)c1ccco1. The normalized spacial score (nSPS) is 17.1. The Balaban J connectivity index is 1.82. The van der Waals surface area contributed by atoms with Gasteiger partial charge in [-0.2, -0.15) is 0 Å². The fourth-order valence-electron chi connectivity index (χ4n) is 2.03. The van der Waals surface area contributed by atoms with Crippen LogP contribution in [0.25, 0.3) is 0 Å². The molecular weight excluding hydrogens is 322 g/mol. The summed E-state index contributed by atoms with van der Waals surface area (Å²) in [5, 5.41) is 2.82. The zero-order chi connectivity index (χ0) is 16.4. The van der Waals surface area contributed by atoms with E-state index in [1.54, 1.807) is 12.1 Å². The van der Waals surface area contributed by atoms with Crippen molar-refractivity contribution in [3.8, 4) is 0 Å². The van der Waals surface area contributed by atoms with Crippen molar-refractivity contribution in [1.29, 1.82) is 0 Å². The zero-order valence-electron chi connectivity index (χ0n) is 12.0. The van der Waals surface area contributed by atoms with Gasteiger partial charge in [-0.15, -0.1) is 0 Å². The Morgan fingerprint density at radius 2 is 2.04 bits per heavy atom. The lowest BCUT2D eigenvalue weighted by atomic mass is 10.2. The van der Waals surface area contributed by atoms with Crippen LogP contribution >= 0.6 is 11.6 Å². The number of anilines is 1. The quantitative estimate of drug-likeness (QED) is 0.866. The first-order valence-electron chi connectivity index (χ1n) is 6.74. The number of cyclic esters (lactones) is 1. The summed E-state index contributed by atoms with van der Waals surface area (Å²) >= 11 is 5.96. The molecule has 0 saturated heterocycles. The van der Waals surface area contributed by atoms with E-state index in [2.05, 4.69) is 5.32 Å². The van der Waals surface area contributed by atoms with Crippen LogP contribution in [0.15, 0.2) is 57.8 Å². The van der Waals surface area contributed by atoms with Gasteiger partial charge in [0.1, 0.15) is 5.70 Å². The number of nitrogens with one attached hydrogen (secondary N) is 1. The van der Waals surface area contributed by atoms with E-state index in [0.29, 0.717) is 0 Å². The van der Waals surface area contributed by atoms with Gasteiger partial charge in [0.15, 0.2) is 5.03 Å². The van der Waals surface area contributed by atoms with Crippen molar-refractivity contribution in [1.82, 2.24) is 0 Å². The highest BCUT2D eigenvalue weighted by Gasteiger charge is 2.37. The van der Waals surface area contributed by atoms with Gasteiger partial charge in [-0.1, -0.05) is 29.8 Å². The first-order valence-corrected chi connectivity index (χ1v) is 7.12. The molecule has 1 aliphatic rings. The van der Waals surface area contributed by atoms with E-state index < -0.39 is 18.2 Å². The average Bonchev–Trinajstić information content (AvgIpc) is 3.14. The number of para-hydroxylation sites is 1. The second-order valence-corrected chi connectivity index (χ2v) is 5.17. The van der Waals surface area contributed by atoms with Crippen molar-refractivity contribution >= 4 is 29.2 Å². The number of hydrogen-bond donors (Lipinski definition) is 1. The number of benzene rings is 1. The Labute approximate surface area is 136 Å². The molecule has 1 N–H and O–H groups in total. The van der Waals surface area contributed by atoms with E-state index in [0.717, 1.165) is 11.3 Å². The standard InChI is InChI=1S/C16H12ClNO5/c1-9-5-2-3-6-10(9)18-13-12(17)15(20)23-16(13)22-14(19)11-7-4-8-21-11/h2-8,16,18H,1H3/t16-/m0/s1. The molecule has 1 aromatic carbocycles. The monoisotopic (exact) mass is 333 g/mol. The first-order chi connectivity index (χ1) is 11.1. The van der Waals surface area contributed by atoms with E-state index in [4.69, 9.17) is 25.5 Å². The number of esters is 2. The van der Waals surface area contributed by atoms with Crippen molar-refractivity contribution in [2.24, 2.45) is 0 Å². The Kier molecular flexibility index (Phi) is 4.08. The highest BCUT2D eigenvalue weighted by molar-refractivity contribution is 6.42. The molecule has 1 aromatic heterocycles. The van der Waals surface area contributed by atoms with Gasteiger partial charge in [0.2, 0.25) is 5.76 Å². The molecule has 3 rings (SSSR count). The minimum Gasteiger partial charge on any atom is -0.457 e. The Bertz CT molecular complexity index is 782. The third-order valence-corrected chi connectivity index (χ3v) is 3.57. The van der Waals surface area contributed by atoms with Crippen LogP contribution in [0.2, 0.25) is 0 Å². The number of carbonyl (C=O) groups is 2. The molecular formula is C16H12ClNO5. The summed E-state index contributed by atoms with van der Waals surface area (Å²) in [6.07, 6.45) is 0.0826. The lowest BCUT2D eigenvalue weighted by molar-refractivity contribution is -0.152. The van der Waals surface area contributed by atoms with Crippen LogP contribution in [0, 0.1) is 6.92 Å². The number of carbonyl (C=O) groups excluding carboxylic acids is 2. The summed E-state index contributed by atoms with van der Waals surface area (Å²) in [7, 11) is 0. The molecule has 0 saturated carbocycles. The molecule has 7 heteroatoms. The number of halogens is 1. The molecule has 6 nitrogen and oxygen atoms in total. The lowest BCUT2D eigenvalue weighted by Gasteiger charge is -2.16. The van der Waals surface area contributed by atoms with Gasteiger partial charge < -0.3 is 19.2 Å². The molecule has 1 aliphatic heterocycles. The van der Waals surface area contributed by atoms with E-state index in [-0.39, 0.29) is 16.5 Å². The molecule has 0 fully saturated rings. The summed E-state index contributed by atoms with van der Waals surface area (Å²) in [6, 6.07) is 10.4. The molecule has 0 amide bonds. The van der Waals surface area contributed by atoms with Gasteiger partial charge in [0.05, 0.1) is 6.26 Å². The average molecular weight is 334 g/mol. The highest BCUT2D eigenvalue weighted by atomic mass is 35.5. The number of rotatable bonds is 4.